The lowest BCUT2D eigenvalue weighted by atomic mass is 10.1. The second kappa shape index (κ2) is 7.05. The number of hydrogen-bond acceptors (Lipinski definition) is 2. The van der Waals surface area contributed by atoms with Crippen LogP contribution in [0.2, 0.25) is 0 Å². The Morgan fingerprint density at radius 3 is 2.67 bits per heavy atom. The SMILES string of the molecule is CNC(C)c1ccc(C)cc1OCc1ccc(F)cc1Br. The smallest absolute Gasteiger partial charge is 0.124 e. The van der Waals surface area contributed by atoms with Gasteiger partial charge in [-0.25, -0.2) is 4.39 Å². The molecule has 0 bridgehead atoms. The highest BCUT2D eigenvalue weighted by molar-refractivity contribution is 9.10. The predicted octanol–water partition coefficient (Wildman–Crippen LogP) is 4.76. The van der Waals surface area contributed by atoms with Crippen molar-refractivity contribution >= 4 is 15.9 Å². The summed E-state index contributed by atoms with van der Waals surface area (Å²) in [6.45, 7) is 4.52. The summed E-state index contributed by atoms with van der Waals surface area (Å²) in [5.74, 6) is 0.596. The van der Waals surface area contributed by atoms with Crippen LogP contribution in [0, 0.1) is 12.7 Å². The van der Waals surface area contributed by atoms with Gasteiger partial charge in [-0.15, -0.1) is 0 Å². The Labute approximate surface area is 133 Å². The van der Waals surface area contributed by atoms with E-state index < -0.39 is 0 Å². The van der Waals surface area contributed by atoms with Crippen molar-refractivity contribution in [1.82, 2.24) is 5.32 Å². The average molecular weight is 352 g/mol. The van der Waals surface area contributed by atoms with E-state index >= 15 is 0 Å². The van der Waals surface area contributed by atoms with E-state index in [4.69, 9.17) is 4.74 Å². The highest BCUT2D eigenvalue weighted by Crippen LogP contribution is 2.28. The van der Waals surface area contributed by atoms with Crippen LogP contribution in [0.3, 0.4) is 0 Å². The minimum Gasteiger partial charge on any atom is -0.489 e. The summed E-state index contributed by atoms with van der Waals surface area (Å²) in [4.78, 5) is 0. The van der Waals surface area contributed by atoms with Crippen LogP contribution < -0.4 is 10.1 Å². The molecule has 2 aromatic carbocycles. The molecule has 1 N–H and O–H groups in total. The number of halogens is 2. The van der Waals surface area contributed by atoms with Crippen molar-refractivity contribution in [1.29, 1.82) is 0 Å². The van der Waals surface area contributed by atoms with Gasteiger partial charge in [0.25, 0.3) is 0 Å². The molecule has 0 spiro atoms. The van der Waals surface area contributed by atoms with Gasteiger partial charge in [-0.2, -0.15) is 0 Å². The molecule has 2 nitrogen and oxygen atoms in total. The van der Waals surface area contributed by atoms with E-state index in [-0.39, 0.29) is 11.9 Å². The van der Waals surface area contributed by atoms with Crippen LogP contribution >= 0.6 is 15.9 Å². The Hall–Kier alpha value is -1.39. The minimum absolute atomic E-state index is 0.206. The Kier molecular flexibility index (Phi) is 5.37. The Morgan fingerprint density at radius 2 is 2.00 bits per heavy atom. The summed E-state index contributed by atoms with van der Waals surface area (Å²) in [5, 5.41) is 3.22. The lowest BCUT2D eigenvalue weighted by Crippen LogP contribution is -2.14. The number of benzene rings is 2. The first-order chi connectivity index (χ1) is 10.0. The van der Waals surface area contributed by atoms with Gasteiger partial charge in [-0.05, 0) is 44.7 Å². The number of ether oxygens (including phenoxy) is 1. The third-order valence-electron chi connectivity index (χ3n) is 3.47. The molecular weight excluding hydrogens is 333 g/mol. The molecule has 0 aromatic heterocycles. The van der Waals surface area contributed by atoms with Crippen molar-refractivity contribution in [2.24, 2.45) is 0 Å². The van der Waals surface area contributed by atoms with Crippen LogP contribution in [0.15, 0.2) is 40.9 Å². The minimum atomic E-state index is -0.259. The third-order valence-corrected chi connectivity index (χ3v) is 4.21. The van der Waals surface area contributed by atoms with Crippen LogP contribution in [0.25, 0.3) is 0 Å². The topological polar surface area (TPSA) is 21.3 Å². The van der Waals surface area contributed by atoms with Crippen molar-refractivity contribution in [3.63, 3.8) is 0 Å². The molecule has 21 heavy (non-hydrogen) atoms. The number of rotatable bonds is 5. The third kappa shape index (κ3) is 4.05. The van der Waals surface area contributed by atoms with Gasteiger partial charge in [0, 0.05) is 21.6 Å². The van der Waals surface area contributed by atoms with E-state index in [1.165, 1.54) is 12.1 Å². The van der Waals surface area contributed by atoms with Crippen LogP contribution in [-0.2, 0) is 6.61 Å². The van der Waals surface area contributed by atoms with Crippen molar-refractivity contribution < 1.29 is 9.13 Å². The van der Waals surface area contributed by atoms with Crippen LogP contribution in [-0.4, -0.2) is 7.05 Å². The number of aryl methyl sites for hydroxylation is 1. The molecule has 0 aliphatic carbocycles. The van der Waals surface area contributed by atoms with Gasteiger partial charge in [0.15, 0.2) is 0 Å². The molecular formula is C17H19BrFNO. The zero-order chi connectivity index (χ0) is 15.4. The first kappa shape index (κ1) is 16.0. The first-order valence-electron chi connectivity index (χ1n) is 6.86. The molecule has 4 heteroatoms. The van der Waals surface area contributed by atoms with Gasteiger partial charge in [0.2, 0.25) is 0 Å². The maximum atomic E-state index is 13.1. The van der Waals surface area contributed by atoms with Crippen molar-refractivity contribution in [2.45, 2.75) is 26.5 Å². The van der Waals surface area contributed by atoms with Crippen LogP contribution in [0.5, 0.6) is 5.75 Å². The fourth-order valence-electron chi connectivity index (χ4n) is 2.07. The van der Waals surface area contributed by atoms with Gasteiger partial charge >= 0.3 is 0 Å². The fraction of sp³-hybridized carbons (Fsp3) is 0.294. The molecule has 0 fully saturated rings. The van der Waals surface area contributed by atoms with Gasteiger partial charge in [0.05, 0.1) is 0 Å². The highest BCUT2D eigenvalue weighted by atomic mass is 79.9. The largest absolute Gasteiger partial charge is 0.489 e. The maximum absolute atomic E-state index is 13.1. The monoisotopic (exact) mass is 351 g/mol. The molecule has 0 amide bonds. The quantitative estimate of drug-likeness (QED) is 0.838. The van der Waals surface area contributed by atoms with Crippen LogP contribution in [0.1, 0.15) is 29.7 Å². The Morgan fingerprint density at radius 1 is 1.24 bits per heavy atom. The standard InChI is InChI=1S/C17H19BrFNO/c1-11-4-7-15(12(2)20-3)17(8-11)21-10-13-5-6-14(19)9-16(13)18/h4-9,12,20H,10H2,1-3H3. The zero-order valence-corrected chi connectivity index (χ0v) is 14.0. The molecule has 112 valence electrons. The van der Waals surface area contributed by atoms with E-state index in [1.54, 1.807) is 6.07 Å². The molecule has 1 atom stereocenters. The molecule has 0 aliphatic rings. The fourth-order valence-corrected chi connectivity index (χ4v) is 2.54. The summed E-state index contributed by atoms with van der Waals surface area (Å²) in [6.07, 6.45) is 0. The zero-order valence-electron chi connectivity index (χ0n) is 12.4. The summed E-state index contributed by atoms with van der Waals surface area (Å²) >= 11 is 3.36. The van der Waals surface area contributed by atoms with Crippen LogP contribution in [0.4, 0.5) is 4.39 Å². The second-order valence-electron chi connectivity index (χ2n) is 5.08. The van der Waals surface area contributed by atoms with Crippen molar-refractivity contribution in [2.75, 3.05) is 7.05 Å². The summed E-state index contributed by atoms with van der Waals surface area (Å²) < 4.78 is 19.8. The van der Waals surface area contributed by atoms with E-state index in [2.05, 4.69) is 40.3 Å². The summed E-state index contributed by atoms with van der Waals surface area (Å²) in [7, 11) is 1.92. The van der Waals surface area contributed by atoms with Crippen molar-refractivity contribution in [3.8, 4) is 5.75 Å². The molecule has 0 aliphatic heterocycles. The van der Waals surface area contributed by atoms with Gasteiger partial charge in [-0.1, -0.05) is 34.1 Å². The summed E-state index contributed by atoms with van der Waals surface area (Å²) in [6, 6.07) is 11.0. The predicted molar refractivity (Wildman–Crippen MR) is 87.1 cm³/mol. The highest BCUT2D eigenvalue weighted by Gasteiger charge is 2.11. The second-order valence-corrected chi connectivity index (χ2v) is 5.93. The van der Waals surface area contributed by atoms with E-state index in [9.17, 15) is 4.39 Å². The molecule has 0 heterocycles. The Bertz CT molecular complexity index is 630. The lowest BCUT2D eigenvalue weighted by molar-refractivity contribution is 0.299. The lowest BCUT2D eigenvalue weighted by Gasteiger charge is -2.17. The van der Waals surface area contributed by atoms with Crippen molar-refractivity contribution in [3.05, 3.63) is 63.4 Å². The molecule has 1 unspecified atom stereocenters. The molecule has 0 saturated carbocycles. The van der Waals surface area contributed by atoms with Gasteiger partial charge < -0.3 is 10.1 Å². The Balaban J connectivity index is 2.21. The van der Waals surface area contributed by atoms with E-state index in [0.29, 0.717) is 6.61 Å². The van der Waals surface area contributed by atoms with E-state index in [0.717, 1.165) is 26.9 Å². The molecule has 2 rings (SSSR count). The summed E-state index contributed by atoms with van der Waals surface area (Å²) in [5.41, 5.74) is 3.18. The first-order valence-corrected chi connectivity index (χ1v) is 7.65. The van der Waals surface area contributed by atoms with Gasteiger partial charge in [-0.3, -0.25) is 0 Å². The maximum Gasteiger partial charge on any atom is 0.124 e. The molecule has 2 aromatic rings. The number of hydrogen-bond donors (Lipinski definition) is 1. The normalized spacial score (nSPS) is 12.2. The van der Waals surface area contributed by atoms with Gasteiger partial charge in [0.1, 0.15) is 18.2 Å². The molecule has 0 radical (unpaired) electrons. The number of nitrogens with one attached hydrogen (secondary N) is 1. The average Bonchev–Trinajstić information content (AvgIpc) is 2.45. The molecule has 0 saturated heterocycles. The van der Waals surface area contributed by atoms with E-state index in [1.807, 2.05) is 20.0 Å².